The summed E-state index contributed by atoms with van der Waals surface area (Å²) >= 11 is 0. The van der Waals surface area contributed by atoms with Crippen LogP contribution >= 0.6 is 0 Å². The Balaban J connectivity index is 2.71. The molecule has 1 unspecified atom stereocenters. The van der Waals surface area contributed by atoms with E-state index in [1.165, 1.54) is 5.56 Å². The molecule has 2 heteroatoms. The summed E-state index contributed by atoms with van der Waals surface area (Å²) in [4.78, 5) is 0. The molecule has 1 aromatic heterocycles. The van der Waals surface area contributed by atoms with Crippen LogP contribution in [0.4, 0.5) is 0 Å². The van der Waals surface area contributed by atoms with E-state index in [2.05, 4.69) is 25.2 Å². The molecule has 0 saturated heterocycles. The predicted molar refractivity (Wildman–Crippen MR) is 45.6 cm³/mol. The van der Waals surface area contributed by atoms with E-state index >= 15 is 0 Å². The van der Waals surface area contributed by atoms with Gasteiger partial charge in [-0.1, -0.05) is 6.92 Å². The molecule has 0 saturated carbocycles. The van der Waals surface area contributed by atoms with E-state index in [1.54, 1.807) is 0 Å². The van der Waals surface area contributed by atoms with Crippen molar-refractivity contribution < 1.29 is 4.42 Å². The molecule has 0 aromatic carbocycles. The van der Waals surface area contributed by atoms with Crippen molar-refractivity contribution in [1.82, 2.24) is 5.32 Å². The molecule has 11 heavy (non-hydrogen) atoms. The minimum absolute atomic E-state index is 0.315. The summed E-state index contributed by atoms with van der Waals surface area (Å²) in [5, 5.41) is 3.12. The average molecular weight is 153 g/mol. The first kappa shape index (κ1) is 8.34. The maximum Gasteiger partial charge on any atom is 0.120 e. The molecule has 0 bridgehead atoms. The van der Waals surface area contributed by atoms with Gasteiger partial charge in [-0.3, -0.25) is 0 Å². The molecule has 0 amide bonds. The highest BCUT2D eigenvalue weighted by Gasteiger charge is 2.06. The van der Waals surface area contributed by atoms with Gasteiger partial charge in [0.2, 0.25) is 0 Å². The molecule has 0 aliphatic heterocycles. The summed E-state index contributed by atoms with van der Waals surface area (Å²) in [5.74, 6) is 1.02. The van der Waals surface area contributed by atoms with Crippen LogP contribution in [0, 0.1) is 0 Å². The van der Waals surface area contributed by atoms with Crippen LogP contribution in [0.3, 0.4) is 0 Å². The van der Waals surface area contributed by atoms with Crippen molar-refractivity contribution in [2.45, 2.75) is 26.3 Å². The van der Waals surface area contributed by atoms with Gasteiger partial charge in [0.05, 0.1) is 12.3 Å². The highest BCUT2D eigenvalue weighted by Crippen LogP contribution is 2.15. The molecular formula is C9H15NO. The number of rotatable bonds is 3. The second kappa shape index (κ2) is 3.58. The van der Waals surface area contributed by atoms with Crippen LogP contribution in [-0.4, -0.2) is 7.05 Å². The molecule has 0 aliphatic carbocycles. The van der Waals surface area contributed by atoms with E-state index in [1.807, 2.05) is 13.3 Å². The Labute approximate surface area is 67.6 Å². The zero-order valence-corrected chi connectivity index (χ0v) is 7.35. The Bertz CT molecular complexity index is 217. The Morgan fingerprint density at radius 2 is 2.36 bits per heavy atom. The van der Waals surface area contributed by atoms with E-state index in [-0.39, 0.29) is 0 Å². The van der Waals surface area contributed by atoms with E-state index in [0.717, 1.165) is 12.2 Å². The van der Waals surface area contributed by atoms with Gasteiger partial charge in [0, 0.05) is 0 Å². The van der Waals surface area contributed by atoms with Crippen molar-refractivity contribution in [3.05, 3.63) is 23.7 Å². The Hall–Kier alpha value is -0.760. The minimum Gasteiger partial charge on any atom is -0.467 e. The van der Waals surface area contributed by atoms with Gasteiger partial charge in [0.1, 0.15) is 5.76 Å². The lowest BCUT2D eigenvalue weighted by molar-refractivity contribution is 0.448. The summed E-state index contributed by atoms with van der Waals surface area (Å²) in [5.41, 5.74) is 1.27. The zero-order valence-electron chi connectivity index (χ0n) is 7.35. The fraction of sp³-hybridized carbons (Fsp3) is 0.556. The summed E-state index contributed by atoms with van der Waals surface area (Å²) in [6.45, 7) is 4.21. The molecule has 0 aliphatic rings. The van der Waals surface area contributed by atoms with E-state index in [4.69, 9.17) is 4.42 Å². The molecule has 1 aromatic rings. The molecule has 0 fully saturated rings. The maximum atomic E-state index is 5.35. The fourth-order valence-corrected chi connectivity index (χ4v) is 0.949. The first-order valence-electron chi connectivity index (χ1n) is 4.02. The molecule has 2 nitrogen and oxygen atoms in total. The molecule has 62 valence electrons. The smallest absolute Gasteiger partial charge is 0.120 e. The number of furan rings is 1. The predicted octanol–water partition coefficient (Wildman–Crippen LogP) is 2.12. The van der Waals surface area contributed by atoms with Gasteiger partial charge in [0.25, 0.3) is 0 Å². The lowest BCUT2D eigenvalue weighted by Gasteiger charge is -2.04. The van der Waals surface area contributed by atoms with Crippen LogP contribution in [0.25, 0.3) is 0 Å². The van der Waals surface area contributed by atoms with Crippen molar-refractivity contribution in [3.8, 4) is 0 Å². The van der Waals surface area contributed by atoms with Crippen LogP contribution in [0.5, 0.6) is 0 Å². The molecule has 1 N–H and O–H groups in total. The fourth-order valence-electron chi connectivity index (χ4n) is 0.949. The lowest BCUT2D eigenvalue weighted by Crippen LogP contribution is -2.11. The molecule has 1 atom stereocenters. The van der Waals surface area contributed by atoms with Crippen molar-refractivity contribution in [1.29, 1.82) is 0 Å². The monoisotopic (exact) mass is 153 g/mol. The number of hydrogen-bond acceptors (Lipinski definition) is 2. The second-order valence-electron chi connectivity index (χ2n) is 2.72. The first-order valence-corrected chi connectivity index (χ1v) is 4.02. The van der Waals surface area contributed by atoms with E-state index < -0.39 is 0 Å². The number of hydrogen-bond donors (Lipinski definition) is 1. The van der Waals surface area contributed by atoms with Crippen LogP contribution in [-0.2, 0) is 6.42 Å². The molecule has 1 rings (SSSR count). The van der Waals surface area contributed by atoms with Crippen LogP contribution < -0.4 is 5.32 Å². The van der Waals surface area contributed by atoms with Crippen LogP contribution in [0.15, 0.2) is 16.7 Å². The van der Waals surface area contributed by atoms with Gasteiger partial charge in [-0.15, -0.1) is 0 Å². The van der Waals surface area contributed by atoms with Crippen molar-refractivity contribution in [3.63, 3.8) is 0 Å². The van der Waals surface area contributed by atoms with Gasteiger partial charge >= 0.3 is 0 Å². The highest BCUT2D eigenvalue weighted by molar-refractivity contribution is 5.14. The zero-order chi connectivity index (χ0) is 8.27. The molecule has 0 radical (unpaired) electrons. The third kappa shape index (κ3) is 1.84. The topological polar surface area (TPSA) is 25.2 Å². The van der Waals surface area contributed by atoms with Gasteiger partial charge in [-0.25, -0.2) is 0 Å². The molecule has 1 heterocycles. The van der Waals surface area contributed by atoms with Gasteiger partial charge < -0.3 is 9.73 Å². The van der Waals surface area contributed by atoms with E-state index in [0.29, 0.717) is 6.04 Å². The summed E-state index contributed by atoms with van der Waals surface area (Å²) in [7, 11) is 1.93. The minimum atomic E-state index is 0.315. The lowest BCUT2D eigenvalue weighted by atomic mass is 10.2. The molecular weight excluding hydrogens is 138 g/mol. The number of aryl methyl sites for hydroxylation is 1. The SMILES string of the molecule is CCc1coc(C(C)NC)c1. The summed E-state index contributed by atoms with van der Waals surface area (Å²) in [6.07, 6.45) is 2.86. The van der Waals surface area contributed by atoms with Crippen molar-refractivity contribution >= 4 is 0 Å². The van der Waals surface area contributed by atoms with Crippen molar-refractivity contribution in [2.75, 3.05) is 7.05 Å². The Kier molecular flexibility index (Phi) is 2.71. The average Bonchev–Trinajstić information content (AvgIpc) is 2.50. The standard InChI is InChI=1S/C9H15NO/c1-4-8-5-9(11-6-8)7(2)10-3/h5-7,10H,4H2,1-3H3. The van der Waals surface area contributed by atoms with E-state index in [9.17, 15) is 0 Å². The third-order valence-corrected chi connectivity index (χ3v) is 1.94. The normalized spacial score (nSPS) is 13.4. The largest absolute Gasteiger partial charge is 0.467 e. The quantitative estimate of drug-likeness (QED) is 0.719. The second-order valence-corrected chi connectivity index (χ2v) is 2.72. The highest BCUT2D eigenvalue weighted by atomic mass is 16.3. The van der Waals surface area contributed by atoms with Crippen molar-refractivity contribution in [2.24, 2.45) is 0 Å². The first-order chi connectivity index (χ1) is 5.27. The molecule has 0 spiro atoms. The summed E-state index contributed by atoms with van der Waals surface area (Å²) in [6, 6.07) is 2.41. The van der Waals surface area contributed by atoms with Gasteiger partial charge in [-0.2, -0.15) is 0 Å². The van der Waals surface area contributed by atoms with Crippen LogP contribution in [0.2, 0.25) is 0 Å². The maximum absolute atomic E-state index is 5.35. The third-order valence-electron chi connectivity index (χ3n) is 1.94. The summed E-state index contributed by atoms with van der Waals surface area (Å²) < 4.78 is 5.35. The Morgan fingerprint density at radius 3 is 2.82 bits per heavy atom. The number of nitrogens with one attached hydrogen (secondary N) is 1. The Morgan fingerprint density at radius 1 is 1.64 bits per heavy atom. The van der Waals surface area contributed by atoms with Gasteiger partial charge in [0.15, 0.2) is 0 Å². The van der Waals surface area contributed by atoms with Crippen LogP contribution in [0.1, 0.15) is 31.2 Å². The van der Waals surface area contributed by atoms with Gasteiger partial charge in [-0.05, 0) is 32.0 Å².